The first-order valence-electron chi connectivity index (χ1n) is 9.34. The third-order valence-corrected chi connectivity index (χ3v) is 4.87. The summed E-state index contributed by atoms with van der Waals surface area (Å²) in [5.41, 5.74) is 2.46. The van der Waals surface area contributed by atoms with Crippen LogP contribution in [0.15, 0.2) is 36.7 Å². The minimum atomic E-state index is -3.41. The van der Waals surface area contributed by atoms with Crippen molar-refractivity contribution in [2.45, 2.75) is 6.92 Å². The molecule has 0 fully saturated rings. The van der Waals surface area contributed by atoms with Gasteiger partial charge in [-0.3, -0.25) is 4.72 Å². The van der Waals surface area contributed by atoms with Gasteiger partial charge in [-0.05, 0) is 24.6 Å². The zero-order valence-corrected chi connectivity index (χ0v) is 19.1. The molecule has 0 atom stereocenters. The van der Waals surface area contributed by atoms with E-state index >= 15 is 0 Å². The summed E-state index contributed by atoms with van der Waals surface area (Å²) in [5, 5.41) is 6.11. The predicted octanol–water partition coefficient (Wildman–Crippen LogP) is 3.06. The van der Waals surface area contributed by atoms with Gasteiger partial charge in [0.1, 0.15) is 6.33 Å². The zero-order valence-electron chi connectivity index (χ0n) is 18.3. The van der Waals surface area contributed by atoms with Crippen molar-refractivity contribution in [1.82, 2.24) is 15.0 Å². The van der Waals surface area contributed by atoms with Crippen LogP contribution in [-0.4, -0.2) is 51.0 Å². The van der Waals surface area contributed by atoms with Crippen LogP contribution in [-0.2, 0) is 10.0 Å². The van der Waals surface area contributed by atoms with Gasteiger partial charge in [0, 0.05) is 23.5 Å². The number of anilines is 5. The Morgan fingerprint density at radius 2 is 1.44 bits per heavy atom. The first kappa shape index (κ1) is 22.9. The second kappa shape index (κ2) is 9.56. The van der Waals surface area contributed by atoms with Crippen LogP contribution in [0, 0.1) is 6.92 Å². The number of aromatic nitrogens is 3. The van der Waals surface area contributed by atoms with E-state index in [1.54, 1.807) is 37.3 Å². The highest BCUT2D eigenvalue weighted by Crippen LogP contribution is 2.40. The molecule has 0 unspecified atom stereocenters. The first-order valence-corrected chi connectivity index (χ1v) is 11.2. The van der Waals surface area contributed by atoms with E-state index in [1.165, 1.54) is 27.7 Å². The Morgan fingerprint density at radius 1 is 0.844 bits per heavy atom. The summed E-state index contributed by atoms with van der Waals surface area (Å²) in [5.74, 6) is 1.97. The SMILES string of the molecule is COc1cc(Nc2ncnc(Nc3ccc(C)c(NS(C)(=O)=O)c3)n2)cc(OC)c1OC. The molecule has 11 nitrogen and oxygen atoms in total. The van der Waals surface area contributed by atoms with Crippen molar-refractivity contribution in [3.63, 3.8) is 0 Å². The summed E-state index contributed by atoms with van der Waals surface area (Å²) in [6.45, 7) is 1.81. The van der Waals surface area contributed by atoms with E-state index < -0.39 is 10.0 Å². The number of nitrogens with zero attached hydrogens (tertiary/aromatic N) is 3. The molecule has 0 bridgehead atoms. The number of methoxy groups -OCH3 is 3. The fraction of sp³-hybridized carbons (Fsp3) is 0.250. The predicted molar refractivity (Wildman–Crippen MR) is 122 cm³/mol. The fourth-order valence-electron chi connectivity index (χ4n) is 2.84. The molecule has 0 aliphatic carbocycles. The van der Waals surface area contributed by atoms with E-state index in [1.807, 2.05) is 0 Å². The molecule has 1 aromatic heterocycles. The van der Waals surface area contributed by atoms with Crippen LogP contribution >= 0.6 is 0 Å². The molecule has 3 rings (SSSR count). The Morgan fingerprint density at radius 3 is 1.97 bits per heavy atom. The topological polar surface area (TPSA) is 137 Å². The molecule has 170 valence electrons. The van der Waals surface area contributed by atoms with Gasteiger partial charge < -0.3 is 24.8 Å². The summed E-state index contributed by atoms with van der Waals surface area (Å²) in [6.07, 6.45) is 2.44. The number of sulfonamides is 1. The molecule has 12 heteroatoms. The molecule has 0 aliphatic heterocycles. The largest absolute Gasteiger partial charge is 0.493 e. The highest BCUT2D eigenvalue weighted by molar-refractivity contribution is 7.92. The number of ether oxygens (including phenoxy) is 3. The summed E-state index contributed by atoms with van der Waals surface area (Å²) >= 11 is 0. The number of nitrogens with one attached hydrogen (secondary N) is 3. The van der Waals surface area contributed by atoms with Gasteiger partial charge in [0.2, 0.25) is 27.7 Å². The van der Waals surface area contributed by atoms with Gasteiger partial charge in [0.05, 0.1) is 33.3 Å². The molecular formula is C20H24N6O5S. The minimum Gasteiger partial charge on any atom is -0.493 e. The summed E-state index contributed by atoms with van der Waals surface area (Å²) in [6, 6.07) is 8.68. The maximum absolute atomic E-state index is 11.6. The molecule has 0 aliphatic rings. The summed E-state index contributed by atoms with van der Waals surface area (Å²) in [4.78, 5) is 12.6. The van der Waals surface area contributed by atoms with E-state index in [0.717, 1.165) is 11.8 Å². The lowest BCUT2D eigenvalue weighted by molar-refractivity contribution is 0.324. The van der Waals surface area contributed by atoms with Gasteiger partial charge in [-0.2, -0.15) is 4.98 Å². The van der Waals surface area contributed by atoms with Gasteiger partial charge in [-0.1, -0.05) is 6.07 Å². The highest BCUT2D eigenvalue weighted by Gasteiger charge is 2.14. The molecule has 2 aromatic carbocycles. The van der Waals surface area contributed by atoms with Crippen LogP contribution in [0.1, 0.15) is 5.56 Å². The van der Waals surface area contributed by atoms with Gasteiger partial charge in [-0.25, -0.2) is 18.4 Å². The van der Waals surface area contributed by atoms with Crippen molar-refractivity contribution in [3.05, 3.63) is 42.2 Å². The summed E-state index contributed by atoms with van der Waals surface area (Å²) < 4.78 is 41.7. The molecule has 0 radical (unpaired) electrons. The third-order valence-electron chi connectivity index (χ3n) is 4.28. The Hall–Kier alpha value is -3.80. The maximum atomic E-state index is 11.6. The van der Waals surface area contributed by atoms with E-state index in [-0.39, 0.29) is 11.9 Å². The fourth-order valence-corrected chi connectivity index (χ4v) is 3.46. The van der Waals surface area contributed by atoms with Crippen LogP contribution < -0.4 is 29.6 Å². The second-order valence-corrected chi connectivity index (χ2v) is 8.45. The number of aryl methyl sites for hydroxylation is 1. The van der Waals surface area contributed by atoms with Crippen LogP contribution in [0.3, 0.4) is 0 Å². The van der Waals surface area contributed by atoms with Gasteiger partial charge in [-0.15, -0.1) is 0 Å². The first-order chi connectivity index (χ1) is 15.2. The van der Waals surface area contributed by atoms with Gasteiger partial charge >= 0.3 is 0 Å². The number of benzene rings is 2. The van der Waals surface area contributed by atoms with Crippen LogP contribution in [0.2, 0.25) is 0 Å². The molecule has 0 amide bonds. The third kappa shape index (κ3) is 5.66. The molecule has 0 saturated heterocycles. The van der Waals surface area contributed by atoms with Crippen molar-refractivity contribution >= 4 is 39.0 Å². The Balaban J connectivity index is 1.83. The molecule has 0 saturated carbocycles. The van der Waals surface area contributed by atoms with Gasteiger partial charge in [0.15, 0.2) is 11.5 Å². The maximum Gasteiger partial charge on any atom is 0.232 e. The quantitative estimate of drug-likeness (QED) is 0.437. The second-order valence-electron chi connectivity index (χ2n) is 6.70. The average Bonchev–Trinajstić information content (AvgIpc) is 2.74. The van der Waals surface area contributed by atoms with Crippen LogP contribution in [0.5, 0.6) is 17.2 Å². The Kier molecular flexibility index (Phi) is 6.83. The number of hydrogen-bond donors (Lipinski definition) is 3. The molecule has 32 heavy (non-hydrogen) atoms. The lowest BCUT2D eigenvalue weighted by Gasteiger charge is -2.15. The van der Waals surface area contributed by atoms with E-state index in [2.05, 4.69) is 30.3 Å². The van der Waals surface area contributed by atoms with E-state index in [4.69, 9.17) is 14.2 Å². The smallest absolute Gasteiger partial charge is 0.232 e. The standard InChI is InChI=1S/C20H24N6O5S/c1-12-6-7-13(8-15(12)26-32(5,27)28)23-19-21-11-22-20(25-19)24-14-9-16(29-2)18(31-4)17(10-14)30-3/h6-11,26H,1-5H3,(H2,21,22,23,24,25). The van der Waals surface area contributed by atoms with Crippen molar-refractivity contribution < 1.29 is 22.6 Å². The number of rotatable bonds is 9. The Bertz CT molecular complexity index is 1190. The monoisotopic (exact) mass is 460 g/mol. The van der Waals surface area contributed by atoms with Crippen molar-refractivity contribution in [2.24, 2.45) is 0 Å². The van der Waals surface area contributed by atoms with Crippen molar-refractivity contribution in [3.8, 4) is 17.2 Å². The molecule has 1 heterocycles. The van der Waals surface area contributed by atoms with Crippen LogP contribution in [0.4, 0.5) is 29.0 Å². The highest BCUT2D eigenvalue weighted by atomic mass is 32.2. The van der Waals surface area contributed by atoms with Crippen molar-refractivity contribution in [1.29, 1.82) is 0 Å². The molecule has 3 aromatic rings. The molecule has 3 N–H and O–H groups in total. The zero-order chi connectivity index (χ0) is 23.3. The lowest BCUT2D eigenvalue weighted by Crippen LogP contribution is -2.11. The van der Waals surface area contributed by atoms with Crippen molar-refractivity contribution in [2.75, 3.05) is 42.9 Å². The van der Waals surface area contributed by atoms with E-state index in [9.17, 15) is 8.42 Å². The molecule has 0 spiro atoms. The summed E-state index contributed by atoms with van der Waals surface area (Å²) in [7, 11) is 1.18. The van der Waals surface area contributed by atoms with Gasteiger partial charge in [0.25, 0.3) is 0 Å². The van der Waals surface area contributed by atoms with E-state index in [0.29, 0.717) is 34.3 Å². The molecular weight excluding hydrogens is 436 g/mol. The lowest BCUT2D eigenvalue weighted by atomic mass is 10.2. The number of hydrogen-bond acceptors (Lipinski definition) is 10. The normalized spacial score (nSPS) is 10.9. The Labute approximate surface area is 186 Å². The minimum absolute atomic E-state index is 0.268. The average molecular weight is 461 g/mol. The van der Waals surface area contributed by atoms with Crippen LogP contribution in [0.25, 0.3) is 0 Å².